The van der Waals surface area contributed by atoms with Crippen LogP contribution in [0.25, 0.3) is 0 Å². The van der Waals surface area contributed by atoms with Crippen LogP contribution in [-0.2, 0) is 9.59 Å². The fourth-order valence-corrected chi connectivity index (χ4v) is 4.24. The Bertz CT molecular complexity index is 835. The van der Waals surface area contributed by atoms with Crippen molar-refractivity contribution in [3.63, 3.8) is 0 Å². The minimum absolute atomic E-state index is 0.0472. The molecule has 6 heteroatoms. The summed E-state index contributed by atoms with van der Waals surface area (Å²) in [6, 6.07) is 14.2. The van der Waals surface area contributed by atoms with Gasteiger partial charge in [-0.05, 0) is 24.5 Å². The van der Waals surface area contributed by atoms with Crippen molar-refractivity contribution in [2.75, 3.05) is 0 Å². The highest BCUT2D eigenvalue weighted by Gasteiger charge is 2.60. The van der Waals surface area contributed by atoms with Gasteiger partial charge in [0, 0.05) is 23.0 Å². The van der Waals surface area contributed by atoms with E-state index in [-0.39, 0.29) is 11.8 Å². The van der Waals surface area contributed by atoms with Gasteiger partial charge in [0.25, 0.3) is 0 Å². The van der Waals surface area contributed by atoms with E-state index in [4.69, 9.17) is 10.5 Å². The van der Waals surface area contributed by atoms with Crippen LogP contribution in [0.3, 0.4) is 0 Å². The Morgan fingerprint density at radius 1 is 1.00 bits per heavy atom. The number of fused-ring (bicyclic) bond motifs is 2. The van der Waals surface area contributed by atoms with Crippen molar-refractivity contribution in [3.05, 3.63) is 59.7 Å². The molecule has 0 bridgehead atoms. The molecule has 4 rings (SSSR count). The number of aliphatic carboxylic acids is 2. The van der Waals surface area contributed by atoms with Crippen LogP contribution in [-0.4, -0.2) is 28.2 Å². The number of benzene rings is 2. The summed E-state index contributed by atoms with van der Waals surface area (Å²) in [5, 5.41) is 18.7. The lowest BCUT2D eigenvalue weighted by molar-refractivity contribution is -0.140. The van der Waals surface area contributed by atoms with Crippen molar-refractivity contribution in [2.45, 2.75) is 18.4 Å². The lowest BCUT2D eigenvalue weighted by Gasteiger charge is -2.28. The zero-order valence-corrected chi connectivity index (χ0v) is 13.9. The first kappa shape index (κ1) is 16.6. The van der Waals surface area contributed by atoms with Gasteiger partial charge in [0.05, 0.1) is 5.92 Å². The van der Waals surface area contributed by atoms with Crippen molar-refractivity contribution < 1.29 is 24.5 Å². The molecule has 1 saturated carbocycles. The molecular weight excluding hydrogens is 334 g/mol. The van der Waals surface area contributed by atoms with Crippen LogP contribution in [0.4, 0.5) is 0 Å². The number of hydrogen-bond acceptors (Lipinski definition) is 4. The average molecular weight is 353 g/mol. The first-order chi connectivity index (χ1) is 12.5. The molecule has 0 spiro atoms. The predicted octanol–water partition coefficient (Wildman–Crippen LogP) is 2.67. The number of rotatable bonds is 5. The van der Waals surface area contributed by atoms with E-state index in [1.54, 1.807) is 0 Å². The number of carboxylic acid groups (broad SMARTS) is 2. The topological polar surface area (TPSA) is 110 Å². The fourth-order valence-electron chi connectivity index (χ4n) is 4.24. The van der Waals surface area contributed by atoms with Gasteiger partial charge < -0.3 is 20.7 Å². The molecule has 2 aromatic carbocycles. The Morgan fingerprint density at radius 3 is 2.04 bits per heavy atom. The van der Waals surface area contributed by atoms with Gasteiger partial charge >= 0.3 is 11.9 Å². The molecule has 2 aliphatic rings. The second-order valence-corrected chi connectivity index (χ2v) is 6.94. The Labute approximate surface area is 150 Å². The SMILES string of the molecule is N[C@H](C(=O)O)[C@H]1[C@@H](CC2c3ccccc3Oc3ccccc32)[C@@H]1C(=O)O. The van der Waals surface area contributed by atoms with Crippen LogP contribution < -0.4 is 10.5 Å². The third-order valence-corrected chi connectivity index (χ3v) is 5.53. The average Bonchev–Trinajstić information content (AvgIpc) is 3.34. The van der Waals surface area contributed by atoms with Gasteiger partial charge in [0.2, 0.25) is 0 Å². The van der Waals surface area contributed by atoms with Gasteiger partial charge in [-0.2, -0.15) is 0 Å². The van der Waals surface area contributed by atoms with Gasteiger partial charge in [-0.1, -0.05) is 36.4 Å². The molecule has 6 nitrogen and oxygen atoms in total. The molecule has 26 heavy (non-hydrogen) atoms. The standard InChI is InChI=1S/C20H19NO5/c21-18(20(24)25)16-13(17(16)19(22)23)9-12-10-5-1-3-7-14(10)26-15-8-4-2-6-11(12)15/h1-8,12-13,16-18H,9,21H2,(H,22,23)(H,24,25)/t13-,16+,17+,18+/m1/s1. The van der Waals surface area contributed by atoms with E-state index in [0.29, 0.717) is 6.42 Å². The van der Waals surface area contributed by atoms with Gasteiger partial charge in [0.1, 0.15) is 17.5 Å². The monoisotopic (exact) mass is 353 g/mol. The lowest BCUT2D eigenvalue weighted by Crippen LogP contribution is -2.34. The van der Waals surface area contributed by atoms with E-state index in [1.165, 1.54) is 0 Å². The number of ether oxygens (including phenoxy) is 1. The number of carboxylic acids is 2. The molecule has 2 aromatic rings. The molecule has 1 heterocycles. The van der Waals surface area contributed by atoms with Gasteiger partial charge in [-0.25, -0.2) is 0 Å². The van der Waals surface area contributed by atoms with Gasteiger partial charge in [-0.3, -0.25) is 9.59 Å². The molecule has 1 aliphatic heterocycles. The molecule has 0 amide bonds. The van der Waals surface area contributed by atoms with E-state index in [0.717, 1.165) is 22.6 Å². The number of nitrogens with two attached hydrogens (primary N) is 1. The molecule has 4 N–H and O–H groups in total. The molecule has 0 saturated heterocycles. The van der Waals surface area contributed by atoms with Crippen molar-refractivity contribution in [3.8, 4) is 11.5 Å². The highest BCUT2D eigenvalue weighted by Crippen LogP contribution is 2.56. The second kappa shape index (κ2) is 6.14. The smallest absolute Gasteiger partial charge is 0.320 e. The lowest BCUT2D eigenvalue weighted by atomic mass is 9.83. The Hall–Kier alpha value is -2.86. The van der Waals surface area contributed by atoms with Crippen LogP contribution in [0.5, 0.6) is 11.5 Å². The maximum Gasteiger partial charge on any atom is 0.320 e. The summed E-state index contributed by atoms with van der Waals surface area (Å²) in [5.41, 5.74) is 7.73. The van der Waals surface area contributed by atoms with Crippen molar-refractivity contribution in [1.29, 1.82) is 0 Å². The minimum Gasteiger partial charge on any atom is -0.481 e. The third-order valence-electron chi connectivity index (χ3n) is 5.53. The first-order valence-electron chi connectivity index (χ1n) is 8.56. The van der Waals surface area contributed by atoms with Gasteiger partial charge in [0.15, 0.2) is 0 Å². The zero-order chi connectivity index (χ0) is 18.4. The number of hydrogen-bond donors (Lipinski definition) is 3. The summed E-state index contributed by atoms with van der Waals surface area (Å²) in [7, 11) is 0. The summed E-state index contributed by atoms with van der Waals surface area (Å²) in [4.78, 5) is 22.8. The molecule has 0 aromatic heterocycles. The number of para-hydroxylation sites is 2. The molecule has 4 atom stereocenters. The van der Waals surface area contributed by atoms with Gasteiger partial charge in [-0.15, -0.1) is 0 Å². The van der Waals surface area contributed by atoms with Crippen LogP contribution in [0, 0.1) is 17.8 Å². The van der Waals surface area contributed by atoms with Crippen molar-refractivity contribution in [1.82, 2.24) is 0 Å². The highest BCUT2D eigenvalue weighted by atomic mass is 16.5. The molecule has 1 fully saturated rings. The van der Waals surface area contributed by atoms with Crippen molar-refractivity contribution in [2.24, 2.45) is 23.5 Å². The van der Waals surface area contributed by atoms with E-state index >= 15 is 0 Å². The second-order valence-electron chi connectivity index (χ2n) is 6.94. The fraction of sp³-hybridized carbons (Fsp3) is 0.300. The molecule has 134 valence electrons. The Balaban J connectivity index is 1.68. The summed E-state index contributed by atoms with van der Waals surface area (Å²) in [6.45, 7) is 0. The summed E-state index contributed by atoms with van der Waals surface area (Å²) < 4.78 is 5.96. The van der Waals surface area contributed by atoms with Crippen molar-refractivity contribution >= 4 is 11.9 Å². The normalized spacial score (nSPS) is 24.7. The van der Waals surface area contributed by atoms with E-state index in [1.807, 2.05) is 48.5 Å². The summed E-state index contributed by atoms with van der Waals surface area (Å²) >= 11 is 0. The van der Waals surface area contributed by atoms with E-state index in [9.17, 15) is 19.8 Å². The molecular formula is C20H19NO5. The summed E-state index contributed by atoms with van der Waals surface area (Å²) in [5.74, 6) is -2.22. The maximum atomic E-state index is 11.6. The number of carbonyl (C=O) groups is 2. The van der Waals surface area contributed by atoms with Crippen LogP contribution in [0.1, 0.15) is 23.5 Å². The maximum absolute atomic E-state index is 11.6. The largest absolute Gasteiger partial charge is 0.481 e. The molecule has 0 unspecified atom stereocenters. The summed E-state index contributed by atoms with van der Waals surface area (Å²) in [6.07, 6.45) is 0.528. The quantitative estimate of drug-likeness (QED) is 0.762. The molecule has 1 aliphatic carbocycles. The first-order valence-corrected chi connectivity index (χ1v) is 8.56. The minimum atomic E-state index is -1.16. The van der Waals surface area contributed by atoms with E-state index in [2.05, 4.69) is 0 Å². The predicted molar refractivity (Wildman–Crippen MR) is 93.1 cm³/mol. The van der Waals surface area contributed by atoms with Crippen LogP contribution in [0.2, 0.25) is 0 Å². The Morgan fingerprint density at radius 2 is 1.54 bits per heavy atom. The highest BCUT2D eigenvalue weighted by molar-refractivity contribution is 5.80. The molecule has 0 radical (unpaired) electrons. The van der Waals surface area contributed by atoms with E-state index < -0.39 is 29.8 Å². The third kappa shape index (κ3) is 2.63. The Kier molecular flexibility index (Phi) is 3.92. The van der Waals surface area contributed by atoms with Crippen LogP contribution in [0.15, 0.2) is 48.5 Å². The zero-order valence-electron chi connectivity index (χ0n) is 13.9. The van der Waals surface area contributed by atoms with Crippen LogP contribution >= 0.6 is 0 Å².